The predicted molar refractivity (Wildman–Crippen MR) is 72.8 cm³/mol. The van der Waals surface area contributed by atoms with Gasteiger partial charge >= 0.3 is 0 Å². The van der Waals surface area contributed by atoms with Crippen molar-refractivity contribution in [2.75, 3.05) is 32.8 Å². The Bertz CT molecular complexity index is 469. The number of alkyl halides is 2. The summed E-state index contributed by atoms with van der Waals surface area (Å²) in [4.78, 5) is 1.41. The van der Waals surface area contributed by atoms with Crippen LogP contribution in [0.1, 0.15) is 11.6 Å². The van der Waals surface area contributed by atoms with Gasteiger partial charge in [-0.3, -0.25) is 4.90 Å². The van der Waals surface area contributed by atoms with Crippen molar-refractivity contribution < 1.29 is 22.7 Å². The second-order valence-electron chi connectivity index (χ2n) is 4.77. The van der Waals surface area contributed by atoms with Gasteiger partial charge in [-0.25, -0.2) is 17.6 Å². The smallest absolute Gasteiger partial charge is 0.290 e. The Labute approximate surface area is 126 Å². The summed E-state index contributed by atoms with van der Waals surface area (Å²) in [6.07, 6.45) is 0. The average molecular weight is 329 g/mol. The molecule has 0 saturated carbocycles. The number of aliphatic hydroxyl groups excluding tert-OH is 1. The fraction of sp³-hybridized carbons (Fsp3) is 0.538. The largest absolute Gasteiger partial charge is 0.390 e. The van der Waals surface area contributed by atoms with E-state index in [0.717, 1.165) is 12.1 Å². The van der Waals surface area contributed by atoms with Gasteiger partial charge in [-0.15, -0.1) is 12.4 Å². The first-order valence-corrected chi connectivity index (χ1v) is 6.34. The van der Waals surface area contributed by atoms with Crippen LogP contribution >= 0.6 is 12.4 Å². The van der Waals surface area contributed by atoms with Gasteiger partial charge in [0.1, 0.15) is 24.3 Å². The Morgan fingerprint density at radius 1 is 1.24 bits per heavy atom. The molecule has 1 fully saturated rings. The maximum absolute atomic E-state index is 14.0. The molecule has 8 heteroatoms. The third kappa shape index (κ3) is 4.06. The van der Waals surface area contributed by atoms with Crippen molar-refractivity contribution in [3.05, 3.63) is 35.4 Å². The van der Waals surface area contributed by atoms with Gasteiger partial charge in [0.15, 0.2) is 0 Å². The molecule has 2 N–H and O–H groups in total. The number of halogens is 5. The maximum Gasteiger partial charge on any atom is 0.290 e. The van der Waals surface area contributed by atoms with Crippen LogP contribution in [0.25, 0.3) is 0 Å². The molecule has 21 heavy (non-hydrogen) atoms. The highest BCUT2D eigenvalue weighted by atomic mass is 35.5. The molecule has 1 heterocycles. The molecule has 120 valence electrons. The van der Waals surface area contributed by atoms with Gasteiger partial charge in [-0.2, -0.15) is 0 Å². The van der Waals surface area contributed by atoms with E-state index < -0.39 is 30.2 Å². The fourth-order valence-electron chi connectivity index (χ4n) is 2.44. The zero-order chi connectivity index (χ0) is 14.8. The van der Waals surface area contributed by atoms with Gasteiger partial charge in [-0.05, 0) is 6.07 Å². The molecule has 3 nitrogen and oxygen atoms in total. The molecule has 1 atom stereocenters. The Kier molecular flexibility index (Phi) is 6.40. The highest BCUT2D eigenvalue weighted by molar-refractivity contribution is 5.85. The summed E-state index contributed by atoms with van der Waals surface area (Å²) in [6.45, 7) is 0.216. The first-order valence-electron chi connectivity index (χ1n) is 6.34. The van der Waals surface area contributed by atoms with Gasteiger partial charge in [0.2, 0.25) is 0 Å². The van der Waals surface area contributed by atoms with E-state index in [0.29, 0.717) is 32.2 Å². The number of nitrogens with zero attached hydrogens (tertiary/aromatic N) is 1. The number of aliphatic hydroxyl groups is 1. The van der Waals surface area contributed by atoms with Gasteiger partial charge < -0.3 is 10.4 Å². The molecule has 1 aliphatic heterocycles. The lowest BCUT2D eigenvalue weighted by Crippen LogP contribution is -2.51. The monoisotopic (exact) mass is 328 g/mol. The minimum Gasteiger partial charge on any atom is -0.390 e. The van der Waals surface area contributed by atoms with E-state index in [1.54, 1.807) is 0 Å². The molecule has 0 aliphatic carbocycles. The Hall–Kier alpha value is -0.890. The summed E-state index contributed by atoms with van der Waals surface area (Å²) >= 11 is 0. The van der Waals surface area contributed by atoms with Crippen molar-refractivity contribution in [1.29, 1.82) is 0 Å². The number of hydrogen-bond acceptors (Lipinski definition) is 3. The number of benzene rings is 1. The van der Waals surface area contributed by atoms with E-state index in [1.807, 2.05) is 0 Å². The molecule has 1 aromatic carbocycles. The van der Waals surface area contributed by atoms with Crippen molar-refractivity contribution in [3.63, 3.8) is 0 Å². The van der Waals surface area contributed by atoms with Gasteiger partial charge in [-0.1, -0.05) is 6.07 Å². The Balaban J connectivity index is 0.00000220. The molecule has 0 aromatic heterocycles. The quantitative estimate of drug-likeness (QED) is 0.830. The molecule has 1 aliphatic rings. The summed E-state index contributed by atoms with van der Waals surface area (Å²) in [5, 5.41) is 11.9. The zero-order valence-electron chi connectivity index (χ0n) is 11.2. The van der Waals surface area contributed by atoms with E-state index in [4.69, 9.17) is 5.11 Å². The maximum atomic E-state index is 14.0. The summed E-state index contributed by atoms with van der Waals surface area (Å²) in [5.41, 5.74) is -0.299. The molecule has 1 saturated heterocycles. The van der Waals surface area contributed by atoms with Crippen LogP contribution in [0.2, 0.25) is 0 Å². The lowest BCUT2D eigenvalue weighted by atomic mass is 9.97. The summed E-state index contributed by atoms with van der Waals surface area (Å²) in [6, 6.07) is 0.940. The van der Waals surface area contributed by atoms with Crippen LogP contribution in [0.15, 0.2) is 18.2 Å². The molecule has 0 bridgehead atoms. The van der Waals surface area contributed by atoms with Crippen molar-refractivity contribution in [2.24, 2.45) is 0 Å². The lowest BCUT2D eigenvalue weighted by molar-refractivity contribution is -0.119. The summed E-state index contributed by atoms with van der Waals surface area (Å²) in [5.74, 6) is -5.35. The highest BCUT2D eigenvalue weighted by Crippen LogP contribution is 2.37. The second kappa shape index (κ2) is 7.40. The second-order valence-corrected chi connectivity index (χ2v) is 4.77. The van der Waals surface area contributed by atoms with Crippen LogP contribution < -0.4 is 5.32 Å². The van der Waals surface area contributed by atoms with E-state index in [2.05, 4.69) is 5.32 Å². The summed E-state index contributed by atoms with van der Waals surface area (Å²) in [7, 11) is 0. The number of nitrogens with one attached hydrogen (secondary N) is 1. The van der Waals surface area contributed by atoms with Gasteiger partial charge in [0.25, 0.3) is 5.92 Å². The van der Waals surface area contributed by atoms with Crippen LogP contribution in [0, 0.1) is 11.6 Å². The predicted octanol–water partition coefficient (Wildman–Crippen LogP) is 1.96. The molecule has 2 rings (SSSR count). The molecule has 0 spiro atoms. The van der Waals surface area contributed by atoms with Crippen molar-refractivity contribution in [3.8, 4) is 0 Å². The third-order valence-electron chi connectivity index (χ3n) is 3.38. The van der Waals surface area contributed by atoms with E-state index in [9.17, 15) is 17.6 Å². The van der Waals surface area contributed by atoms with E-state index in [1.165, 1.54) is 4.90 Å². The topological polar surface area (TPSA) is 35.5 Å². The SMILES string of the molecule is Cl.OCC(F)(F)[C@H](c1ccc(F)cc1F)N1CCNCC1. The number of hydrogen-bond donors (Lipinski definition) is 2. The summed E-state index contributed by atoms with van der Waals surface area (Å²) < 4.78 is 54.7. The molecular weight excluding hydrogens is 312 g/mol. The number of piperazine rings is 1. The average Bonchev–Trinajstić information content (AvgIpc) is 2.43. The molecule has 0 unspecified atom stereocenters. The lowest BCUT2D eigenvalue weighted by Gasteiger charge is -2.38. The van der Waals surface area contributed by atoms with Crippen molar-refractivity contribution in [1.82, 2.24) is 10.2 Å². The zero-order valence-corrected chi connectivity index (χ0v) is 12.0. The van der Waals surface area contributed by atoms with Crippen LogP contribution in [0.5, 0.6) is 0 Å². The first-order chi connectivity index (χ1) is 9.45. The minimum atomic E-state index is -3.50. The van der Waals surface area contributed by atoms with Crippen LogP contribution in [0.4, 0.5) is 17.6 Å². The Morgan fingerprint density at radius 2 is 1.86 bits per heavy atom. The Morgan fingerprint density at radius 3 is 2.38 bits per heavy atom. The molecular formula is C13H17ClF4N2O. The number of rotatable bonds is 4. The molecule has 1 aromatic rings. The van der Waals surface area contributed by atoms with Crippen LogP contribution in [-0.2, 0) is 0 Å². The first kappa shape index (κ1) is 18.2. The normalized spacial score (nSPS) is 18.1. The van der Waals surface area contributed by atoms with E-state index >= 15 is 0 Å². The van der Waals surface area contributed by atoms with Gasteiger partial charge in [0.05, 0.1) is 0 Å². The van der Waals surface area contributed by atoms with E-state index in [-0.39, 0.29) is 18.0 Å². The van der Waals surface area contributed by atoms with Crippen LogP contribution in [-0.4, -0.2) is 48.7 Å². The standard InChI is InChI=1S/C13H16F4N2O.ClH/c14-9-1-2-10(11(15)7-9)12(13(16,17)8-20)19-5-3-18-4-6-19;/h1-2,7,12,18,20H,3-6,8H2;1H/t12-;/m0./s1. The minimum absolute atomic E-state index is 0. The van der Waals surface area contributed by atoms with Crippen LogP contribution in [0.3, 0.4) is 0 Å². The fourth-order valence-corrected chi connectivity index (χ4v) is 2.44. The highest BCUT2D eigenvalue weighted by Gasteiger charge is 2.45. The van der Waals surface area contributed by atoms with Crippen molar-refractivity contribution >= 4 is 12.4 Å². The third-order valence-corrected chi connectivity index (χ3v) is 3.38. The van der Waals surface area contributed by atoms with Gasteiger partial charge in [0, 0.05) is 37.8 Å². The molecule has 0 amide bonds. The van der Waals surface area contributed by atoms with Crippen molar-refractivity contribution in [2.45, 2.75) is 12.0 Å². The molecule has 0 radical (unpaired) electrons.